The third-order valence-corrected chi connectivity index (χ3v) is 5.75. The normalized spacial score (nSPS) is 15.0. The van der Waals surface area contributed by atoms with Gasteiger partial charge in [0.15, 0.2) is 11.6 Å². The van der Waals surface area contributed by atoms with Gasteiger partial charge in [-0.2, -0.15) is 0 Å². The highest BCUT2D eigenvalue weighted by Gasteiger charge is 2.24. The van der Waals surface area contributed by atoms with E-state index in [0.717, 1.165) is 25.7 Å². The molecular weight excluding hydrogens is 388 g/mol. The summed E-state index contributed by atoms with van der Waals surface area (Å²) >= 11 is 0. The zero-order valence-electron chi connectivity index (χ0n) is 16.8. The predicted octanol–water partition coefficient (Wildman–Crippen LogP) is 3.00. The number of amides is 1. The molecule has 156 valence electrons. The number of aromatic amines is 1. The number of carbonyl (C=O) groups excluding carboxylic acids is 1. The second kappa shape index (κ2) is 8.36. The van der Waals surface area contributed by atoms with E-state index >= 15 is 0 Å². The molecular formula is C23H23F2N3O2. The topological polar surface area (TPSA) is 56.4 Å². The van der Waals surface area contributed by atoms with E-state index in [9.17, 15) is 18.4 Å². The van der Waals surface area contributed by atoms with Crippen LogP contribution in [-0.2, 0) is 17.8 Å². The van der Waals surface area contributed by atoms with Crippen molar-refractivity contribution in [1.29, 1.82) is 0 Å². The van der Waals surface area contributed by atoms with Gasteiger partial charge in [0.2, 0.25) is 5.91 Å². The van der Waals surface area contributed by atoms with Crippen LogP contribution >= 0.6 is 0 Å². The Balaban J connectivity index is 1.46. The van der Waals surface area contributed by atoms with Crippen molar-refractivity contribution in [3.05, 3.63) is 81.1 Å². The summed E-state index contributed by atoms with van der Waals surface area (Å²) in [6, 6.07) is 12.5. The molecule has 0 radical (unpaired) electrons. The molecule has 0 saturated carbocycles. The molecule has 7 heteroatoms. The highest BCUT2D eigenvalue weighted by molar-refractivity contribution is 5.86. The lowest BCUT2D eigenvalue weighted by Crippen LogP contribution is -2.49. The SMILES string of the molecule is Cc1c(CC(=O)N2CCN(Cc3ccccc3)CC2)c(=O)[nH]c2ccc(F)c(F)c12. The fourth-order valence-corrected chi connectivity index (χ4v) is 4.01. The van der Waals surface area contributed by atoms with Gasteiger partial charge in [-0.05, 0) is 30.2 Å². The van der Waals surface area contributed by atoms with Crippen LogP contribution in [-0.4, -0.2) is 46.9 Å². The molecule has 30 heavy (non-hydrogen) atoms. The quantitative estimate of drug-likeness (QED) is 0.718. The molecule has 2 heterocycles. The third kappa shape index (κ3) is 3.98. The largest absolute Gasteiger partial charge is 0.340 e. The van der Waals surface area contributed by atoms with Crippen molar-refractivity contribution in [2.24, 2.45) is 0 Å². The minimum atomic E-state index is -1.01. The second-order valence-electron chi connectivity index (χ2n) is 7.66. The summed E-state index contributed by atoms with van der Waals surface area (Å²) in [4.78, 5) is 31.9. The fourth-order valence-electron chi connectivity index (χ4n) is 4.01. The third-order valence-electron chi connectivity index (χ3n) is 5.75. The molecule has 3 aromatic rings. The van der Waals surface area contributed by atoms with E-state index in [2.05, 4.69) is 22.0 Å². The molecule has 0 bridgehead atoms. The molecule has 0 atom stereocenters. The number of aryl methyl sites for hydroxylation is 1. The Bertz CT molecular complexity index is 1140. The van der Waals surface area contributed by atoms with Gasteiger partial charge in [-0.25, -0.2) is 8.78 Å². The van der Waals surface area contributed by atoms with E-state index in [-0.39, 0.29) is 28.8 Å². The number of fused-ring (bicyclic) bond motifs is 1. The number of halogens is 2. The average molecular weight is 411 g/mol. The zero-order chi connectivity index (χ0) is 21.3. The van der Waals surface area contributed by atoms with Crippen molar-refractivity contribution in [3.8, 4) is 0 Å². The lowest BCUT2D eigenvalue weighted by Gasteiger charge is -2.35. The Morgan fingerprint density at radius 1 is 1.03 bits per heavy atom. The van der Waals surface area contributed by atoms with Crippen molar-refractivity contribution in [3.63, 3.8) is 0 Å². The van der Waals surface area contributed by atoms with Crippen LogP contribution in [0.1, 0.15) is 16.7 Å². The first-order valence-corrected chi connectivity index (χ1v) is 9.97. The summed E-state index contributed by atoms with van der Waals surface area (Å²) in [5, 5.41) is 0.0186. The Morgan fingerprint density at radius 2 is 1.73 bits per heavy atom. The van der Waals surface area contributed by atoms with E-state index in [4.69, 9.17) is 0 Å². The molecule has 1 aromatic heterocycles. The molecule has 0 spiro atoms. The molecule has 5 nitrogen and oxygen atoms in total. The molecule has 1 amide bonds. The highest BCUT2D eigenvalue weighted by Crippen LogP contribution is 2.23. The molecule has 1 saturated heterocycles. The maximum Gasteiger partial charge on any atom is 0.252 e. The van der Waals surface area contributed by atoms with E-state index in [1.54, 1.807) is 11.8 Å². The predicted molar refractivity (Wildman–Crippen MR) is 111 cm³/mol. The summed E-state index contributed by atoms with van der Waals surface area (Å²) in [6.45, 7) is 5.01. The minimum absolute atomic E-state index is 0.0186. The molecule has 1 fully saturated rings. The number of nitrogens with one attached hydrogen (secondary N) is 1. The molecule has 1 aliphatic heterocycles. The smallest absolute Gasteiger partial charge is 0.252 e. The van der Waals surface area contributed by atoms with Gasteiger partial charge < -0.3 is 9.88 Å². The number of hydrogen-bond acceptors (Lipinski definition) is 3. The van der Waals surface area contributed by atoms with Gasteiger partial charge in [0.1, 0.15) is 0 Å². The van der Waals surface area contributed by atoms with Crippen LogP contribution in [0.4, 0.5) is 8.78 Å². The number of piperazine rings is 1. The number of aromatic nitrogens is 1. The van der Waals surface area contributed by atoms with Gasteiger partial charge in [-0.15, -0.1) is 0 Å². The summed E-state index contributed by atoms with van der Waals surface area (Å²) in [7, 11) is 0. The zero-order valence-corrected chi connectivity index (χ0v) is 16.8. The number of rotatable bonds is 4. The van der Waals surface area contributed by atoms with Gasteiger partial charge in [-0.3, -0.25) is 14.5 Å². The number of carbonyl (C=O) groups is 1. The first kappa shape index (κ1) is 20.2. The van der Waals surface area contributed by atoms with E-state index < -0.39 is 17.2 Å². The molecule has 0 aliphatic carbocycles. The van der Waals surface area contributed by atoms with Gasteiger partial charge in [0.25, 0.3) is 5.56 Å². The van der Waals surface area contributed by atoms with Crippen LogP contribution in [0.3, 0.4) is 0 Å². The van der Waals surface area contributed by atoms with Crippen LogP contribution in [0.25, 0.3) is 10.9 Å². The van der Waals surface area contributed by atoms with Crippen LogP contribution in [0.15, 0.2) is 47.3 Å². The van der Waals surface area contributed by atoms with Crippen molar-refractivity contribution in [2.75, 3.05) is 26.2 Å². The van der Waals surface area contributed by atoms with Gasteiger partial charge in [0, 0.05) is 43.7 Å². The molecule has 0 unspecified atom stereocenters. The minimum Gasteiger partial charge on any atom is -0.340 e. The van der Waals surface area contributed by atoms with Crippen molar-refractivity contribution < 1.29 is 13.6 Å². The number of nitrogens with zero attached hydrogens (tertiary/aromatic N) is 2. The second-order valence-corrected chi connectivity index (χ2v) is 7.66. The molecule has 4 rings (SSSR count). The average Bonchev–Trinajstić information content (AvgIpc) is 2.75. The summed E-state index contributed by atoms with van der Waals surface area (Å²) in [5.74, 6) is -2.17. The lowest BCUT2D eigenvalue weighted by atomic mass is 10.0. The van der Waals surface area contributed by atoms with E-state index in [0.29, 0.717) is 18.7 Å². The Hall–Kier alpha value is -3.06. The first-order chi connectivity index (χ1) is 14.4. The van der Waals surface area contributed by atoms with Gasteiger partial charge in [-0.1, -0.05) is 30.3 Å². The van der Waals surface area contributed by atoms with E-state index in [1.807, 2.05) is 18.2 Å². The lowest BCUT2D eigenvalue weighted by molar-refractivity contribution is -0.132. The Kier molecular flexibility index (Phi) is 5.63. The molecule has 1 N–H and O–H groups in total. The molecule has 2 aromatic carbocycles. The summed E-state index contributed by atoms with van der Waals surface area (Å²) in [5.41, 5.74) is 1.50. The van der Waals surface area contributed by atoms with Crippen LogP contribution in [0.2, 0.25) is 0 Å². The number of benzene rings is 2. The van der Waals surface area contributed by atoms with Crippen molar-refractivity contribution >= 4 is 16.8 Å². The maximum atomic E-state index is 14.3. The van der Waals surface area contributed by atoms with Crippen LogP contribution in [0.5, 0.6) is 0 Å². The fraction of sp³-hybridized carbons (Fsp3) is 0.304. The number of H-pyrrole nitrogens is 1. The monoisotopic (exact) mass is 411 g/mol. The summed E-state index contributed by atoms with van der Waals surface area (Å²) in [6.07, 6.45) is -0.133. The van der Waals surface area contributed by atoms with Gasteiger partial charge in [0.05, 0.1) is 11.9 Å². The highest BCUT2D eigenvalue weighted by atomic mass is 19.2. The summed E-state index contributed by atoms with van der Waals surface area (Å²) < 4.78 is 27.9. The first-order valence-electron chi connectivity index (χ1n) is 9.97. The van der Waals surface area contributed by atoms with Crippen LogP contribution < -0.4 is 5.56 Å². The Morgan fingerprint density at radius 3 is 2.43 bits per heavy atom. The Labute approximate surface area is 172 Å². The van der Waals surface area contributed by atoms with Gasteiger partial charge >= 0.3 is 0 Å². The van der Waals surface area contributed by atoms with Crippen molar-refractivity contribution in [1.82, 2.24) is 14.8 Å². The number of pyridine rings is 1. The van der Waals surface area contributed by atoms with E-state index in [1.165, 1.54) is 11.6 Å². The molecule has 1 aliphatic rings. The maximum absolute atomic E-state index is 14.3. The van der Waals surface area contributed by atoms with Crippen LogP contribution in [0, 0.1) is 18.6 Å². The van der Waals surface area contributed by atoms with Crippen molar-refractivity contribution in [2.45, 2.75) is 19.9 Å². The standard InChI is InChI=1S/C23H23F2N3O2/c1-15-17(23(30)26-19-8-7-18(24)22(25)21(15)19)13-20(29)28-11-9-27(10-12-28)14-16-5-3-2-4-6-16/h2-8H,9-14H2,1H3,(H,26,30). The number of hydrogen-bond donors (Lipinski definition) is 1.